The van der Waals surface area contributed by atoms with Gasteiger partial charge in [0.15, 0.2) is 0 Å². The maximum atomic E-state index is 13.2. The monoisotopic (exact) mass is 220 g/mol. The van der Waals surface area contributed by atoms with Gasteiger partial charge < -0.3 is 5.32 Å². The molecule has 1 aromatic carbocycles. The lowest BCUT2D eigenvalue weighted by molar-refractivity contribution is 0.626. The molecule has 2 aromatic rings. The zero-order valence-electron chi connectivity index (χ0n) is 9.24. The van der Waals surface area contributed by atoms with Crippen LogP contribution in [0.4, 0.5) is 4.39 Å². The fraction of sp³-hybridized carbons (Fsp3) is 0.273. The van der Waals surface area contributed by atoms with Crippen LogP contribution in [-0.4, -0.2) is 22.0 Å². The van der Waals surface area contributed by atoms with Gasteiger partial charge in [-0.2, -0.15) is 0 Å². The van der Waals surface area contributed by atoms with Crippen molar-refractivity contribution in [3.05, 3.63) is 35.8 Å². The lowest BCUT2D eigenvalue weighted by atomic mass is 10.0. The largest absolute Gasteiger partial charge is 0.316 e. The molecule has 4 nitrogen and oxygen atoms in total. The number of rotatable bonds is 3. The summed E-state index contributed by atoms with van der Waals surface area (Å²) in [5, 5.41) is 10.7. The number of nitrogens with one attached hydrogen (secondary N) is 1. The first-order valence-electron chi connectivity index (χ1n) is 5.00. The highest BCUT2D eigenvalue weighted by molar-refractivity contribution is 5.63. The van der Waals surface area contributed by atoms with Gasteiger partial charge in [-0.3, -0.25) is 0 Å². The summed E-state index contributed by atoms with van der Waals surface area (Å²) in [6.45, 7) is 0.681. The first-order chi connectivity index (χ1) is 7.72. The van der Waals surface area contributed by atoms with Crippen LogP contribution in [0.15, 0.2) is 24.4 Å². The summed E-state index contributed by atoms with van der Waals surface area (Å²) in [6, 6.07) is 4.74. The third-order valence-electron chi connectivity index (χ3n) is 2.43. The van der Waals surface area contributed by atoms with Gasteiger partial charge in [0.2, 0.25) is 0 Å². The van der Waals surface area contributed by atoms with Crippen molar-refractivity contribution in [3.8, 4) is 11.3 Å². The summed E-state index contributed by atoms with van der Waals surface area (Å²) in [6.07, 6.45) is 1.63. The van der Waals surface area contributed by atoms with Crippen molar-refractivity contribution in [3.63, 3.8) is 0 Å². The first-order valence-corrected chi connectivity index (χ1v) is 5.00. The van der Waals surface area contributed by atoms with Crippen LogP contribution < -0.4 is 5.32 Å². The van der Waals surface area contributed by atoms with Gasteiger partial charge in [-0.25, -0.2) is 9.07 Å². The van der Waals surface area contributed by atoms with Crippen LogP contribution in [0.25, 0.3) is 11.3 Å². The van der Waals surface area contributed by atoms with Gasteiger partial charge in [-0.05, 0) is 24.7 Å². The van der Waals surface area contributed by atoms with Gasteiger partial charge in [-0.1, -0.05) is 11.3 Å². The SMILES string of the molecule is CNCc1ccc(F)cc1-c1cnnn1C. The summed E-state index contributed by atoms with van der Waals surface area (Å²) in [5.41, 5.74) is 2.65. The third-order valence-corrected chi connectivity index (χ3v) is 2.43. The highest BCUT2D eigenvalue weighted by Crippen LogP contribution is 2.23. The van der Waals surface area contributed by atoms with Crippen molar-refractivity contribution in [1.82, 2.24) is 20.3 Å². The van der Waals surface area contributed by atoms with E-state index < -0.39 is 0 Å². The van der Waals surface area contributed by atoms with E-state index in [9.17, 15) is 4.39 Å². The maximum absolute atomic E-state index is 13.2. The molecule has 84 valence electrons. The minimum atomic E-state index is -0.254. The Morgan fingerprint density at radius 2 is 2.25 bits per heavy atom. The van der Waals surface area contributed by atoms with E-state index in [0.717, 1.165) is 16.8 Å². The Balaban J connectivity index is 2.53. The summed E-state index contributed by atoms with van der Waals surface area (Å²) in [5.74, 6) is -0.254. The van der Waals surface area contributed by atoms with Crippen LogP contribution >= 0.6 is 0 Å². The standard InChI is InChI=1S/C11H13FN4/c1-13-6-8-3-4-9(12)5-10(8)11-7-14-15-16(11)2/h3-5,7,13H,6H2,1-2H3. The van der Waals surface area contributed by atoms with Crippen molar-refractivity contribution in [1.29, 1.82) is 0 Å². The summed E-state index contributed by atoms with van der Waals surface area (Å²) >= 11 is 0. The van der Waals surface area contributed by atoms with Crippen LogP contribution in [0.1, 0.15) is 5.56 Å². The van der Waals surface area contributed by atoms with E-state index in [1.807, 2.05) is 7.05 Å². The number of hydrogen-bond acceptors (Lipinski definition) is 3. The predicted molar refractivity (Wildman–Crippen MR) is 59.2 cm³/mol. The van der Waals surface area contributed by atoms with Crippen molar-refractivity contribution in [2.45, 2.75) is 6.54 Å². The number of benzene rings is 1. The molecule has 0 saturated carbocycles. The Kier molecular flexibility index (Phi) is 2.96. The molecule has 0 bridgehead atoms. The normalized spacial score (nSPS) is 10.7. The molecule has 5 heteroatoms. The summed E-state index contributed by atoms with van der Waals surface area (Å²) in [4.78, 5) is 0. The van der Waals surface area contributed by atoms with Crippen LogP contribution in [-0.2, 0) is 13.6 Å². The molecule has 2 rings (SSSR count). The molecule has 0 aliphatic rings. The van der Waals surface area contributed by atoms with Gasteiger partial charge in [0.05, 0.1) is 11.9 Å². The summed E-state index contributed by atoms with van der Waals surface area (Å²) < 4.78 is 14.9. The van der Waals surface area contributed by atoms with E-state index in [1.54, 1.807) is 24.0 Å². The minimum Gasteiger partial charge on any atom is -0.316 e. The molecule has 0 aliphatic heterocycles. The quantitative estimate of drug-likeness (QED) is 0.848. The number of nitrogens with zero attached hydrogens (tertiary/aromatic N) is 3. The Hall–Kier alpha value is -1.75. The lowest BCUT2D eigenvalue weighted by Gasteiger charge is -2.08. The average Bonchev–Trinajstić information content (AvgIpc) is 2.67. The zero-order valence-corrected chi connectivity index (χ0v) is 9.24. The van der Waals surface area contributed by atoms with Crippen LogP contribution in [0.2, 0.25) is 0 Å². The van der Waals surface area contributed by atoms with Crippen LogP contribution in [0, 0.1) is 5.82 Å². The molecule has 0 fully saturated rings. The van der Waals surface area contributed by atoms with E-state index >= 15 is 0 Å². The molecule has 16 heavy (non-hydrogen) atoms. The molecule has 1 N–H and O–H groups in total. The van der Waals surface area contributed by atoms with Gasteiger partial charge in [0.25, 0.3) is 0 Å². The second-order valence-corrected chi connectivity index (χ2v) is 3.57. The molecule has 0 radical (unpaired) electrons. The van der Waals surface area contributed by atoms with Crippen LogP contribution in [0.3, 0.4) is 0 Å². The summed E-state index contributed by atoms with van der Waals surface area (Å²) in [7, 11) is 3.64. The van der Waals surface area contributed by atoms with Crippen molar-refractivity contribution in [2.75, 3.05) is 7.05 Å². The number of halogens is 1. The molecular formula is C11H13FN4. The third kappa shape index (κ3) is 1.94. The van der Waals surface area contributed by atoms with Crippen molar-refractivity contribution < 1.29 is 4.39 Å². The van der Waals surface area contributed by atoms with E-state index in [1.165, 1.54) is 12.1 Å². The Morgan fingerprint density at radius 1 is 1.44 bits per heavy atom. The molecule has 1 heterocycles. The zero-order chi connectivity index (χ0) is 11.5. The van der Waals surface area contributed by atoms with E-state index in [0.29, 0.717) is 6.54 Å². The molecule has 0 aliphatic carbocycles. The van der Waals surface area contributed by atoms with Gasteiger partial charge in [0, 0.05) is 19.2 Å². The molecule has 0 saturated heterocycles. The molecule has 1 aromatic heterocycles. The molecule has 0 spiro atoms. The fourth-order valence-electron chi connectivity index (χ4n) is 1.67. The van der Waals surface area contributed by atoms with Gasteiger partial charge in [0.1, 0.15) is 5.82 Å². The number of aromatic nitrogens is 3. The van der Waals surface area contributed by atoms with E-state index in [4.69, 9.17) is 0 Å². The predicted octanol–water partition coefficient (Wildman–Crippen LogP) is 1.34. The minimum absolute atomic E-state index is 0.254. The maximum Gasteiger partial charge on any atom is 0.123 e. The second-order valence-electron chi connectivity index (χ2n) is 3.57. The number of aryl methyl sites for hydroxylation is 1. The molecule has 0 atom stereocenters. The average molecular weight is 220 g/mol. The smallest absolute Gasteiger partial charge is 0.123 e. The Morgan fingerprint density at radius 3 is 2.88 bits per heavy atom. The molecule has 0 amide bonds. The number of hydrogen-bond donors (Lipinski definition) is 1. The van der Waals surface area contributed by atoms with Crippen molar-refractivity contribution in [2.24, 2.45) is 7.05 Å². The van der Waals surface area contributed by atoms with E-state index in [-0.39, 0.29) is 5.82 Å². The molecular weight excluding hydrogens is 207 g/mol. The lowest BCUT2D eigenvalue weighted by Crippen LogP contribution is -2.07. The highest BCUT2D eigenvalue weighted by atomic mass is 19.1. The molecule has 0 unspecified atom stereocenters. The highest BCUT2D eigenvalue weighted by Gasteiger charge is 2.10. The Labute approximate surface area is 93.1 Å². The Bertz CT molecular complexity index is 492. The van der Waals surface area contributed by atoms with Gasteiger partial charge in [-0.15, -0.1) is 5.10 Å². The fourth-order valence-corrected chi connectivity index (χ4v) is 1.67. The first kappa shape index (κ1) is 10.8. The van der Waals surface area contributed by atoms with E-state index in [2.05, 4.69) is 15.6 Å². The second kappa shape index (κ2) is 4.40. The van der Waals surface area contributed by atoms with Gasteiger partial charge >= 0.3 is 0 Å². The van der Waals surface area contributed by atoms with Crippen molar-refractivity contribution >= 4 is 0 Å². The topological polar surface area (TPSA) is 42.7 Å². The van der Waals surface area contributed by atoms with Crippen LogP contribution in [0.5, 0.6) is 0 Å².